The van der Waals surface area contributed by atoms with Gasteiger partial charge < -0.3 is 0 Å². The van der Waals surface area contributed by atoms with Crippen LogP contribution < -0.4 is 5.01 Å². The van der Waals surface area contributed by atoms with Crippen LogP contribution in [0.3, 0.4) is 0 Å². The maximum absolute atomic E-state index is 13.4. The first-order chi connectivity index (χ1) is 12.6. The highest BCUT2D eigenvalue weighted by atomic mass is 35.5. The molecule has 2 nitrogen and oxygen atoms in total. The third-order valence-electron chi connectivity index (χ3n) is 4.42. The van der Waals surface area contributed by atoms with Gasteiger partial charge in [-0.1, -0.05) is 53.5 Å². The van der Waals surface area contributed by atoms with Crippen molar-refractivity contribution in [3.05, 3.63) is 99.8 Å². The summed E-state index contributed by atoms with van der Waals surface area (Å²) in [5.74, 6) is -0.250. The van der Waals surface area contributed by atoms with Crippen LogP contribution in [0.4, 0.5) is 10.1 Å². The highest BCUT2D eigenvalue weighted by Gasteiger charge is 2.30. The number of benzene rings is 3. The summed E-state index contributed by atoms with van der Waals surface area (Å²) >= 11 is 12.2. The Morgan fingerprint density at radius 2 is 1.62 bits per heavy atom. The predicted octanol–water partition coefficient (Wildman–Crippen LogP) is 6.49. The smallest absolute Gasteiger partial charge is 0.123 e. The van der Waals surface area contributed by atoms with Crippen molar-refractivity contribution in [2.24, 2.45) is 5.10 Å². The average Bonchev–Trinajstić information content (AvgIpc) is 3.08. The molecule has 1 heterocycles. The van der Waals surface area contributed by atoms with Gasteiger partial charge in [0.15, 0.2) is 0 Å². The molecule has 0 saturated heterocycles. The average molecular weight is 385 g/mol. The van der Waals surface area contributed by atoms with E-state index in [1.54, 1.807) is 12.1 Å². The summed E-state index contributed by atoms with van der Waals surface area (Å²) in [5, 5.41) is 8.12. The van der Waals surface area contributed by atoms with Crippen LogP contribution in [0.25, 0.3) is 0 Å². The molecule has 4 rings (SSSR count). The van der Waals surface area contributed by atoms with Crippen LogP contribution in [0.2, 0.25) is 10.0 Å². The number of anilines is 1. The standard InChI is InChI=1S/C21H15Cl2FN2/c22-16-8-4-14(5-9-16)20-13-21(15-6-10-18(24)11-7-15)26(25-20)19-3-1-2-17(23)12-19/h1-12,21H,13H2/t21-/m0/s1. The fourth-order valence-corrected chi connectivity index (χ4v) is 3.44. The van der Waals surface area contributed by atoms with E-state index in [9.17, 15) is 4.39 Å². The van der Waals surface area contributed by atoms with Crippen LogP contribution in [0.5, 0.6) is 0 Å². The number of hydrogen-bond donors (Lipinski definition) is 0. The number of rotatable bonds is 3. The molecule has 0 saturated carbocycles. The van der Waals surface area contributed by atoms with E-state index in [0.717, 1.165) is 22.5 Å². The first kappa shape index (κ1) is 17.1. The monoisotopic (exact) mass is 384 g/mol. The largest absolute Gasteiger partial charge is 0.257 e. The van der Waals surface area contributed by atoms with Crippen LogP contribution in [0.15, 0.2) is 77.9 Å². The van der Waals surface area contributed by atoms with E-state index < -0.39 is 0 Å². The van der Waals surface area contributed by atoms with Crippen molar-refractivity contribution in [3.8, 4) is 0 Å². The molecule has 0 unspecified atom stereocenters. The first-order valence-corrected chi connectivity index (χ1v) is 8.99. The van der Waals surface area contributed by atoms with Crippen molar-refractivity contribution >= 4 is 34.6 Å². The van der Waals surface area contributed by atoms with Gasteiger partial charge in [0.05, 0.1) is 17.4 Å². The molecule has 130 valence electrons. The predicted molar refractivity (Wildman–Crippen MR) is 106 cm³/mol. The van der Waals surface area contributed by atoms with Crippen molar-refractivity contribution in [3.63, 3.8) is 0 Å². The Kier molecular flexibility index (Phi) is 4.66. The molecule has 5 heteroatoms. The molecule has 0 N–H and O–H groups in total. The normalized spacial score (nSPS) is 16.7. The third-order valence-corrected chi connectivity index (χ3v) is 4.90. The molecule has 0 amide bonds. The summed E-state index contributed by atoms with van der Waals surface area (Å²) in [6.07, 6.45) is 0.708. The Morgan fingerprint density at radius 3 is 2.31 bits per heavy atom. The van der Waals surface area contributed by atoms with Crippen LogP contribution >= 0.6 is 23.2 Å². The SMILES string of the molecule is Fc1ccc([C@@H]2CC(c3ccc(Cl)cc3)=NN2c2cccc(Cl)c2)cc1. The Morgan fingerprint density at radius 1 is 0.885 bits per heavy atom. The number of nitrogens with zero attached hydrogens (tertiary/aromatic N) is 2. The van der Waals surface area contributed by atoms with E-state index in [1.165, 1.54) is 12.1 Å². The highest BCUT2D eigenvalue weighted by Crippen LogP contribution is 2.37. The molecule has 3 aromatic rings. The van der Waals surface area contributed by atoms with Crippen molar-refractivity contribution in [1.82, 2.24) is 0 Å². The van der Waals surface area contributed by atoms with Gasteiger partial charge in [0, 0.05) is 16.5 Å². The van der Waals surface area contributed by atoms with Gasteiger partial charge in [-0.15, -0.1) is 0 Å². The molecule has 3 aromatic carbocycles. The second-order valence-corrected chi connectivity index (χ2v) is 7.02. The van der Waals surface area contributed by atoms with Gasteiger partial charge in [-0.05, 0) is 53.6 Å². The van der Waals surface area contributed by atoms with Crippen molar-refractivity contribution in [2.75, 3.05) is 5.01 Å². The lowest BCUT2D eigenvalue weighted by atomic mass is 9.98. The number of hydrazone groups is 1. The minimum absolute atomic E-state index is 0.0280. The molecule has 0 aliphatic carbocycles. The van der Waals surface area contributed by atoms with Crippen LogP contribution in [-0.2, 0) is 0 Å². The molecule has 0 radical (unpaired) electrons. The summed E-state index contributed by atoms with van der Waals surface area (Å²) in [5.41, 5.74) is 3.87. The Hall–Kier alpha value is -2.36. The maximum Gasteiger partial charge on any atom is 0.123 e. The molecular weight excluding hydrogens is 370 g/mol. The molecule has 1 aliphatic heterocycles. The van der Waals surface area contributed by atoms with Gasteiger partial charge >= 0.3 is 0 Å². The van der Waals surface area contributed by atoms with Crippen molar-refractivity contribution < 1.29 is 4.39 Å². The van der Waals surface area contributed by atoms with Crippen molar-refractivity contribution in [2.45, 2.75) is 12.5 Å². The zero-order valence-corrected chi connectivity index (χ0v) is 15.3. The van der Waals surface area contributed by atoms with Crippen LogP contribution in [0.1, 0.15) is 23.6 Å². The molecule has 0 fully saturated rings. The molecule has 1 aliphatic rings. The Labute approximate surface area is 161 Å². The van der Waals surface area contributed by atoms with Gasteiger partial charge in [0.2, 0.25) is 0 Å². The van der Waals surface area contributed by atoms with E-state index in [0.29, 0.717) is 16.5 Å². The summed E-state index contributed by atoms with van der Waals surface area (Å²) in [6.45, 7) is 0. The minimum Gasteiger partial charge on any atom is -0.257 e. The lowest BCUT2D eigenvalue weighted by Crippen LogP contribution is -2.18. The Bertz CT molecular complexity index is 953. The quantitative estimate of drug-likeness (QED) is 0.503. The molecule has 1 atom stereocenters. The van der Waals surface area contributed by atoms with E-state index in [2.05, 4.69) is 0 Å². The summed E-state index contributed by atoms with van der Waals surface area (Å²) in [4.78, 5) is 0. The topological polar surface area (TPSA) is 15.6 Å². The van der Waals surface area contributed by atoms with Gasteiger partial charge in [0.25, 0.3) is 0 Å². The van der Waals surface area contributed by atoms with E-state index in [4.69, 9.17) is 28.3 Å². The summed E-state index contributed by atoms with van der Waals surface area (Å²) in [6, 6.07) is 21.8. The van der Waals surface area contributed by atoms with Crippen molar-refractivity contribution in [1.29, 1.82) is 0 Å². The second-order valence-electron chi connectivity index (χ2n) is 6.15. The second kappa shape index (κ2) is 7.10. The zero-order valence-electron chi connectivity index (χ0n) is 13.7. The lowest BCUT2D eigenvalue weighted by Gasteiger charge is -2.24. The minimum atomic E-state index is -0.250. The van der Waals surface area contributed by atoms with Crippen LogP contribution in [-0.4, -0.2) is 5.71 Å². The van der Waals surface area contributed by atoms with Gasteiger partial charge in [-0.3, -0.25) is 5.01 Å². The molecule has 26 heavy (non-hydrogen) atoms. The fourth-order valence-electron chi connectivity index (χ4n) is 3.13. The van der Waals surface area contributed by atoms with E-state index >= 15 is 0 Å². The molecule has 0 aromatic heterocycles. The molecule has 0 bridgehead atoms. The van der Waals surface area contributed by atoms with E-state index in [1.807, 2.05) is 53.5 Å². The first-order valence-electron chi connectivity index (χ1n) is 8.24. The van der Waals surface area contributed by atoms with E-state index in [-0.39, 0.29) is 11.9 Å². The van der Waals surface area contributed by atoms with Gasteiger partial charge in [-0.2, -0.15) is 5.10 Å². The summed E-state index contributed by atoms with van der Waals surface area (Å²) < 4.78 is 13.4. The number of halogens is 3. The molecular formula is C21H15Cl2FN2. The zero-order chi connectivity index (χ0) is 18.1. The van der Waals surface area contributed by atoms with Gasteiger partial charge in [0.1, 0.15) is 5.82 Å². The third kappa shape index (κ3) is 3.46. The Balaban J connectivity index is 1.75. The van der Waals surface area contributed by atoms with Crippen LogP contribution in [0, 0.1) is 5.82 Å². The maximum atomic E-state index is 13.4. The molecule has 0 spiro atoms. The lowest BCUT2D eigenvalue weighted by molar-refractivity contribution is 0.624. The highest BCUT2D eigenvalue weighted by molar-refractivity contribution is 6.31. The fraction of sp³-hybridized carbons (Fsp3) is 0.0952. The number of hydrogen-bond acceptors (Lipinski definition) is 2. The summed E-state index contributed by atoms with van der Waals surface area (Å²) in [7, 11) is 0. The van der Waals surface area contributed by atoms with Gasteiger partial charge in [-0.25, -0.2) is 4.39 Å².